The Labute approximate surface area is 122 Å². The minimum Gasteiger partial charge on any atom is -0.392 e. The fraction of sp³-hybridized carbons (Fsp3) is 0.500. The maximum Gasteiger partial charge on any atom is 0.241 e. The van der Waals surface area contributed by atoms with Gasteiger partial charge >= 0.3 is 0 Å². The minimum absolute atomic E-state index is 0.135. The van der Waals surface area contributed by atoms with E-state index in [0.717, 1.165) is 0 Å². The smallest absolute Gasteiger partial charge is 0.241 e. The molecule has 0 fully saturated rings. The van der Waals surface area contributed by atoms with E-state index in [1.54, 1.807) is 12.1 Å². The van der Waals surface area contributed by atoms with Crippen molar-refractivity contribution in [3.8, 4) is 0 Å². The molecule has 0 aliphatic heterocycles. The van der Waals surface area contributed by atoms with Crippen molar-refractivity contribution in [2.45, 2.75) is 24.8 Å². The molecule has 108 valence electrons. The molecule has 0 aromatic heterocycles. The monoisotopic (exact) mass is 351 g/mol. The topological polar surface area (TPSA) is 75.6 Å². The Bertz CT molecular complexity index is 504. The number of sulfonamides is 1. The average Bonchev–Trinajstić information content (AvgIpc) is 2.39. The fourth-order valence-corrected chi connectivity index (χ4v) is 3.54. The Morgan fingerprint density at radius 2 is 2.16 bits per heavy atom. The van der Waals surface area contributed by atoms with Crippen LogP contribution in [-0.4, -0.2) is 33.3 Å². The van der Waals surface area contributed by atoms with Crippen LogP contribution in [0.1, 0.15) is 18.9 Å². The number of aliphatic hydroxyl groups excluding tert-OH is 1. The van der Waals surface area contributed by atoms with Gasteiger partial charge in [0.2, 0.25) is 10.0 Å². The summed E-state index contributed by atoms with van der Waals surface area (Å²) in [6.07, 6.45) is 0.615. The van der Waals surface area contributed by atoms with Crippen LogP contribution in [0.5, 0.6) is 0 Å². The van der Waals surface area contributed by atoms with Crippen molar-refractivity contribution in [1.29, 1.82) is 0 Å². The van der Waals surface area contributed by atoms with Crippen molar-refractivity contribution in [3.63, 3.8) is 0 Å². The molecule has 0 aliphatic carbocycles. The summed E-state index contributed by atoms with van der Waals surface area (Å²) < 4.78 is 32.3. The highest BCUT2D eigenvalue weighted by Gasteiger charge is 2.17. The van der Waals surface area contributed by atoms with Gasteiger partial charge < -0.3 is 9.84 Å². The first-order valence-electron chi connectivity index (χ1n) is 5.98. The summed E-state index contributed by atoms with van der Waals surface area (Å²) in [6.45, 7) is 3.16. The Kier molecular flexibility index (Phi) is 6.95. The largest absolute Gasteiger partial charge is 0.392 e. The van der Waals surface area contributed by atoms with Gasteiger partial charge in [-0.25, -0.2) is 13.1 Å². The van der Waals surface area contributed by atoms with Gasteiger partial charge in [-0.15, -0.1) is 0 Å². The second-order valence-corrected chi connectivity index (χ2v) is 6.46. The van der Waals surface area contributed by atoms with Crippen LogP contribution in [0.2, 0.25) is 0 Å². The molecule has 0 heterocycles. The SMILES string of the molecule is CCOCCCNS(=O)(=O)c1cc(CO)ccc1Br. The van der Waals surface area contributed by atoms with Crippen LogP contribution in [0.25, 0.3) is 0 Å². The second-order valence-electron chi connectivity index (χ2n) is 3.87. The highest BCUT2D eigenvalue weighted by Crippen LogP contribution is 2.23. The Morgan fingerprint density at radius 1 is 1.42 bits per heavy atom. The number of ether oxygens (including phenoxy) is 1. The van der Waals surface area contributed by atoms with Gasteiger partial charge in [0.15, 0.2) is 0 Å². The fourth-order valence-electron chi connectivity index (χ4n) is 1.45. The molecule has 2 N–H and O–H groups in total. The van der Waals surface area contributed by atoms with Crippen molar-refractivity contribution < 1.29 is 18.3 Å². The first-order chi connectivity index (χ1) is 9.01. The number of rotatable bonds is 8. The average molecular weight is 352 g/mol. The summed E-state index contributed by atoms with van der Waals surface area (Å²) in [5.41, 5.74) is 0.554. The third-order valence-corrected chi connectivity index (χ3v) is 4.88. The molecule has 0 aliphatic rings. The number of hydrogen-bond donors (Lipinski definition) is 2. The van der Waals surface area contributed by atoms with Gasteiger partial charge in [0, 0.05) is 24.2 Å². The van der Waals surface area contributed by atoms with E-state index in [9.17, 15) is 8.42 Å². The van der Waals surface area contributed by atoms with E-state index in [2.05, 4.69) is 20.7 Å². The van der Waals surface area contributed by atoms with E-state index in [0.29, 0.717) is 36.2 Å². The van der Waals surface area contributed by atoms with Gasteiger partial charge in [0.05, 0.1) is 11.5 Å². The van der Waals surface area contributed by atoms with Gasteiger partial charge in [-0.05, 0) is 47.0 Å². The molecule has 0 saturated carbocycles. The molecule has 0 radical (unpaired) electrons. The van der Waals surface area contributed by atoms with Crippen LogP contribution < -0.4 is 4.72 Å². The molecule has 0 amide bonds. The number of nitrogens with one attached hydrogen (secondary N) is 1. The third-order valence-electron chi connectivity index (χ3n) is 2.43. The molecule has 1 rings (SSSR count). The second kappa shape index (κ2) is 7.96. The number of aliphatic hydroxyl groups is 1. The van der Waals surface area contributed by atoms with Gasteiger partial charge in [-0.1, -0.05) is 6.07 Å². The Balaban J connectivity index is 2.71. The van der Waals surface area contributed by atoms with E-state index < -0.39 is 10.0 Å². The zero-order valence-electron chi connectivity index (χ0n) is 10.7. The minimum atomic E-state index is -3.57. The lowest BCUT2D eigenvalue weighted by molar-refractivity contribution is 0.146. The van der Waals surface area contributed by atoms with E-state index in [1.807, 2.05) is 6.92 Å². The molecule has 1 aromatic carbocycles. The summed E-state index contributed by atoms with van der Waals surface area (Å²) in [5.74, 6) is 0. The van der Waals surface area contributed by atoms with Crippen LogP contribution in [0.4, 0.5) is 0 Å². The van der Waals surface area contributed by atoms with E-state index in [1.165, 1.54) is 6.07 Å². The van der Waals surface area contributed by atoms with Gasteiger partial charge in [0.1, 0.15) is 0 Å². The lowest BCUT2D eigenvalue weighted by Gasteiger charge is -2.09. The molecule has 0 bridgehead atoms. The van der Waals surface area contributed by atoms with Crippen LogP contribution in [-0.2, 0) is 21.4 Å². The third kappa shape index (κ3) is 5.19. The van der Waals surface area contributed by atoms with Gasteiger partial charge in [0.25, 0.3) is 0 Å². The quantitative estimate of drug-likeness (QED) is 0.698. The van der Waals surface area contributed by atoms with Crippen LogP contribution in [0, 0.1) is 0 Å². The first-order valence-corrected chi connectivity index (χ1v) is 8.25. The standard InChI is InChI=1S/C12H18BrNO4S/c1-2-18-7-3-6-14-19(16,17)12-8-10(9-15)4-5-11(12)13/h4-5,8,14-15H,2-3,6-7,9H2,1H3. The lowest BCUT2D eigenvalue weighted by Crippen LogP contribution is -2.26. The van der Waals surface area contributed by atoms with Crippen molar-refractivity contribution >= 4 is 26.0 Å². The summed E-state index contributed by atoms with van der Waals surface area (Å²) in [5, 5.41) is 9.04. The molecule has 0 saturated heterocycles. The normalized spacial score (nSPS) is 11.7. The molecule has 0 unspecified atom stereocenters. The molecule has 0 atom stereocenters. The molecule has 5 nitrogen and oxygen atoms in total. The summed E-state index contributed by atoms with van der Waals surface area (Å²) in [4.78, 5) is 0.135. The zero-order valence-corrected chi connectivity index (χ0v) is 13.1. The first kappa shape index (κ1) is 16.6. The van der Waals surface area contributed by atoms with Gasteiger partial charge in [-0.3, -0.25) is 0 Å². The van der Waals surface area contributed by atoms with Crippen molar-refractivity contribution in [2.24, 2.45) is 0 Å². The maximum atomic E-state index is 12.1. The van der Waals surface area contributed by atoms with Crippen molar-refractivity contribution in [2.75, 3.05) is 19.8 Å². The molecular weight excluding hydrogens is 334 g/mol. The molecule has 7 heteroatoms. The van der Waals surface area contributed by atoms with E-state index >= 15 is 0 Å². The number of halogens is 1. The van der Waals surface area contributed by atoms with Crippen molar-refractivity contribution in [1.82, 2.24) is 4.72 Å². The van der Waals surface area contributed by atoms with E-state index in [4.69, 9.17) is 9.84 Å². The highest BCUT2D eigenvalue weighted by atomic mass is 79.9. The van der Waals surface area contributed by atoms with Crippen LogP contribution in [0.3, 0.4) is 0 Å². The zero-order chi connectivity index (χ0) is 14.3. The van der Waals surface area contributed by atoms with E-state index in [-0.39, 0.29) is 11.5 Å². The Hall–Kier alpha value is -0.470. The summed E-state index contributed by atoms with van der Waals surface area (Å²) in [6, 6.07) is 4.73. The molecular formula is C12H18BrNO4S. The summed E-state index contributed by atoms with van der Waals surface area (Å²) >= 11 is 3.20. The molecule has 1 aromatic rings. The van der Waals surface area contributed by atoms with Crippen LogP contribution >= 0.6 is 15.9 Å². The highest BCUT2D eigenvalue weighted by molar-refractivity contribution is 9.10. The summed E-state index contributed by atoms with van der Waals surface area (Å²) in [7, 11) is -3.57. The van der Waals surface area contributed by atoms with Crippen molar-refractivity contribution in [3.05, 3.63) is 28.2 Å². The number of hydrogen-bond acceptors (Lipinski definition) is 4. The Morgan fingerprint density at radius 3 is 2.79 bits per heavy atom. The lowest BCUT2D eigenvalue weighted by atomic mass is 10.2. The predicted octanol–water partition coefficient (Wildman–Crippen LogP) is 1.65. The molecule has 19 heavy (non-hydrogen) atoms. The number of benzene rings is 1. The van der Waals surface area contributed by atoms with Crippen LogP contribution in [0.15, 0.2) is 27.6 Å². The molecule has 0 spiro atoms. The maximum absolute atomic E-state index is 12.1. The predicted molar refractivity (Wildman–Crippen MR) is 76.4 cm³/mol. The van der Waals surface area contributed by atoms with Gasteiger partial charge in [-0.2, -0.15) is 0 Å².